The number of fused-ring (bicyclic) bond motifs is 8. The maximum Gasteiger partial charge on any atom is 0.135 e. The smallest absolute Gasteiger partial charge is 0.135 e. The van der Waals surface area contributed by atoms with Crippen LogP contribution in [-0.4, -0.2) is 0 Å². The first-order chi connectivity index (χ1) is 25.8. The molecule has 1 aliphatic carbocycles. The van der Waals surface area contributed by atoms with Crippen molar-refractivity contribution in [1.82, 2.24) is 0 Å². The van der Waals surface area contributed by atoms with E-state index in [1.807, 2.05) is 12.1 Å². The molecule has 1 aliphatic rings. The van der Waals surface area contributed by atoms with Crippen LogP contribution in [0.2, 0.25) is 0 Å². The van der Waals surface area contributed by atoms with Crippen LogP contribution in [0.15, 0.2) is 173 Å². The summed E-state index contributed by atoms with van der Waals surface area (Å²) in [4.78, 5) is 0. The molecular formula is C50H32O2. The summed E-state index contributed by atoms with van der Waals surface area (Å²) >= 11 is 0. The lowest BCUT2D eigenvalue weighted by atomic mass is 9.85. The molecule has 11 rings (SSSR count). The zero-order valence-electron chi connectivity index (χ0n) is 28.4. The molecule has 0 radical (unpaired) electrons. The Kier molecular flexibility index (Phi) is 6.41. The van der Waals surface area contributed by atoms with E-state index >= 15 is 0 Å². The molecule has 0 atom stereocenters. The molecule has 52 heavy (non-hydrogen) atoms. The maximum absolute atomic E-state index is 6.18. The van der Waals surface area contributed by atoms with Crippen LogP contribution in [0.1, 0.15) is 17.7 Å². The Hall–Kier alpha value is -6.64. The molecule has 8 aromatic carbocycles. The summed E-state index contributed by atoms with van der Waals surface area (Å²) in [6, 6.07) is 57.2. The lowest BCUT2D eigenvalue weighted by Crippen LogP contribution is -1.91. The third-order valence-electron chi connectivity index (χ3n) is 10.9. The Morgan fingerprint density at radius 3 is 1.60 bits per heavy atom. The van der Waals surface area contributed by atoms with Gasteiger partial charge in [0.1, 0.15) is 22.5 Å². The van der Waals surface area contributed by atoms with Gasteiger partial charge in [0.05, 0.1) is 0 Å². The first-order valence-corrected chi connectivity index (χ1v) is 18.1. The van der Waals surface area contributed by atoms with Crippen molar-refractivity contribution in [2.45, 2.75) is 12.8 Å². The molecule has 0 saturated carbocycles. The molecule has 2 aromatic heterocycles. The van der Waals surface area contributed by atoms with Crippen LogP contribution in [0, 0.1) is 0 Å². The Morgan fingerprint density at radius 2 is 0.865 bits per heavy atom. The fourth-order valence-electron chi connectivity index (χ4n) is 8.47. The molecule has 0 fully saturated rings. The predicted molar refractivity (Wildman–Crippen MR) is 218 cm³/mol. The number of benzene rings is 8. The van der Waals surface area contributed by atoms with Crippen molar-refractivity contribution in [3.63, 3.8) is 0 Å². The van der Waals surface area contributed by atoms with Crippen molar-refractivity contribution in [1.29, 1.82) is 0 Å². The highest BCUT2D eigenvalue weighted by Crippen LogP contribution is 2.45. The number of hydrogen-bond donors (Lipinski definition) is 0. The number of allylic oxidation sites excluding steroid dienone is 1. The van der Waals surface area contributed by atoms with Gasteiger partial charge in [0, 0.05) is 28.1 Å². The number of furan rings is 2. The van der Waals surface area contributed by atoms with E-state index in [0.717, 1.165) is 46.1 Å². The number of para-hydroxylation sites is 1. The van der Waals surface area contributed by atoms with Gasteiger partial charge in [-0.3, -0.25) is 0 Å². The van der Waals surface area contributed by atoms with Gasteiger partial charge in [0.25, 0.3) is 0 Å². The number of hydrogen-bond acceptors (Lipinski definition) is 2. The molecule has 10 aromatic rings. The molecule has 2 heterocycles. The summed E-state index contributed by atoms with van der Waals surface area (Å²) in [6.07, 6.45) is 6.48. The van der Waals surface area contributed by atoms with Gasteiger partial charge in [-0.2, -0.15) is 0 Å². The molecule has 2 nitrogen and oxygen atoms in total. The van der Waals surface area contributed by atoms with E-state index in [9.17, 15) is 0 Å². The van der Waals surface area contributed by atoms with Crippen molar-refractivity contribution in [3.8, 4) is 44.5 Å². The van der Waals surface area contributed by atoms with E-state index in [-0.39, 0.29) is 0 Å². The summed E-state index contributed by atoms with van der Waals surface area (Å²) in [5.41, 5.74) is 13.7. The van der Waals surface area contributed by atoms with Crippen molar-refractivity contribution in [3.05, 3.63) is 175 Å². The second kappa shape index (κ2) is 11.4. The molecular weight excluding hydrogens is 633 g/mol. The molecule has 0 amide bonds. The molecule has 0 aliphatic heterocycles. The highest BCUT2D eigenvalue weighted by molar-refractivity contribution is 6.21. The Bertz CT molecular complexity index is 3000. The fraction of sp³-hybridized carbons (Fsp3) is 0.0400. The predicted octanol–water partition coefficient (Wildman–Crippen LogP) is 14.3. The van der Waals surface area contributed by atoms with E-state index in [4.69, 9.17) is 8.83 Å². The quantitative estimate of drug-likeness (QED) is 0.175. The average Bonchev–Trinajstić information content (AvgIpc) is 3.78. The topological polar surface area (TPSA) is 26.3 Å². The van der Waals surface area contributed by atoms with Crippen molar-refractivity contribution in [2.24, 2.45) is 0 Å². The van der Waals surface area contributed by atoms with Gasteiger partial charge >= 0.3 is 0 Å². The van der Waals surface area contributed by atoms with Crippen molar-refractivity contribution < 1.29 is 8.83 Å². The van der Waals surface area contributed by atoms with Crippen LogP contribution in [-0.2, 0) is 6.42 Å². The van der Waals surface area contributed by atoms with Crippen LogP contribution in [0.4, 0.5) is 0 Å². The van der Waals surface area contributed by atoms with E-state index in [1.54, 1.807) is 0 Å². The van der Waals surface area contributed by atoms with Gasteiger partial charge in [-0.1, -0.05) is 133 Å². The van der Waals surface area contributed by atoms with Gasteiger partial charge < -0.3 is 8.83 Å². The summed E-state index contributed by atoms with van der Waals surface area (Å²) in [5, 5.41) is 8.47. The van der Waals surface area contributed by atoms with Crippen molar-refractivity contribution >= 4 is 60.5 Å². The summed E-state index contributed by atoms with van der Waals surface area (Å²) in [7, 11) is 0. The highest BCUT2D eigenvalue weighted by Gasteiger charge is 2.19. The summed E-state index contributed by atoms with van der Waals surface area (Å²) < 4.78 is 12.3. The first-order valence-electron chi connectivity index (χ1n) is 18.1. The summed E-state index contributed by atoms with van der Waals surface area (Å²) in [5.74, 6) is 1.10. The lowest BCUT2D eigenvalue weighted by molar-refractivity contribution is 0.546. The zero-order valence-corrected chi connectivity index (χ0v) is 28.4. The largest absolute Gasteiger partial charge is 0.460 e. The van der Waals surface area contributed by atoms with Crippen molar-refractivity contribution in [2.75, 3.05) is 0 Å². The van der Waals surface area contributed by atoms with Crippen LogP contribution in [0.3, 0.4) is 0 Å². The third-order valence-corrected chi connectivity index (χ3v) is 10.9. The number of aryl methyl sites for hydroxylation is 1. The monoisotopic (exact) mass is 664 g/mol. The fourth-order valence-corrected chi connectivity index (χ4v) is 8.47. The van der Waals surface area contributed by atoms with E-state index in [1.165, 1.54) is 77.0 Å². The maximum atomic E-state index is 6.18. The Morgan fingerprint density at radius 1 is 0.346 bits per heavy atom. The normalized spacial score (nSPS) is 12.8. The van der Waals surface area contributed by atoms with Crippen LogP contribution in [0.25, 0.3) is 105 Å². The second-order valence-electron chi connectivity index (χ2n) is 13.9. The van der Waals surface area contributed by atoms with Crippen LogP contribution in [0.5, 0.6) is 0 Å². The van der Waals surface area contributed by atoms with Gasteiger partial charge in [0.2, 0.25) is 0 Å². The SMILES string of the molecule is C1=Cc2c(oc3ccc(-c4ccc(-c5c6ccccc6c(-c6cccc(-c7ccc8oc9ccccc9c8c7)c6)c6ccccc56)cc4)cc23)CC1. The van der Waals surface area contributed by atoms with Gasteiger partial charge in [0.15, 0.2) is 0 Å². The van der Waals surface area contributed by atoms with Crippen LogP contribution >= 0.6 is 0 Å². The third kappa shape index (κ3) is 4.51. The van der Waals surface area contributed by atoms with E-state index < -0.39 is 0 Å². The molecule has 0 saturated heterocycles. The minimum Gasteiger partial charge on any atom is -0.460 e. The lowest BCUT2D eigenvalue weighted by Gasteiger charge is -2.18. The molecule has 0 unspecified atom stereocenters. The van der Waals surface area contributed by atoms with Gasteiger partial charge in [-0.15, -0.1) is 0 Å². The standard InChI is InChI=1S/C50H32O2/c1-3-16-41-39(14-1)49(32-22-20-31(21-23-32)34-24-26-47-43(29-34)37-12-5-7-18-45(37)51-47)40-15-2-4-17-42(40)50(41)36-11-9-10-33(28-36)35-25-27-48-44(30-35)38-13-6-8-19-46(38)52-48/h1-6,8-17,19-30H,7,18H2. The second-order valence-corrected chi connectivity index (χ2v) is 13.9. The highest BCUT2D eigenvalue weighted by atomic mass is 16.3. The molecule has 244 valence electrons. The molecule has 0 spiro atoms. The Labute approximate surface area is 300 Å². The van der Waals surface area contributed by atoms with Crippen LogP contribution < -0.4 is 0 Å². The Balaban J connectivity index is 1.04. The molecule has 2 heteroatoms. The first kappa shape index (κ1) is 29.1. The minimum atomic E-state index is 0.914. The van der Waals surface area contributed by atoms with E-state index in [2.05, 4.69) is 158 Å². The molecule has 0 bridgehead atoms. The van der Waals surface area contributed by atoms with Gasteiger partial charge in [-0.25, -0.2) is 0 Å². The minimum absolute atomic E-state index is 0.914. The average molecular weight is 665 g/mol. The summed E-state index contributed by atoms with van der Waals surface area (Å²) in [6.45, 7) is 0. The van der Waals surface area contributed by atoms with Gasteiger partial charge in [-0.05, 0) is 109 Å². The van der Waals surface area contributed by atoms with E-state index in [0.29, 0.717) is 0 Å². The number of rotatable bonds is 4. The molecule has 0 N–H and O–H groups in total. The zero-order chi connectivity index (χ0) is 34.2.